The Morgan fingerprint density at radius 2 is 2.07 bits per heavy atom. The van der Waals surface area contributed by atoms with Crippen LogP contribution < -0.4 is 11.5 Å². The summed E-state index contributed by atoms with van der Waals surface area (Å²) in [7, 11) is 0. The van der Waals surface area contributed by atoms with E-state index >= 15 is 0 Å². The lowest BCUT2D eigenvalue weighted by atomic mass is 10.0. The highest BCUT2D eigenvalue weighted by atomic mass is 35.5. The second-order valence-corrected chi connectivity index (χ2v) is 3.94. The highest BCUT2D eigenvalue weighted by Crippen LogP contribution is 2.24. The van der Waals surface area contributed by atoms with Gasteiger partial charge in [0, 0.05) is 11.6 Å². The lowest BCUT2D eigenvalue weighted by Gasteiger charge is -2.13. The van der Waals surface area contributed by atoms with Crippen LogP contribution in [0.1, 0.15) is 30.9 Å². The summed E-state index contributed by atoms with van der Waals surface area (Å²) in [5.41, 5.74) is 11.7. The molecular weight excluding hydrogens is 215 g/mol. The number of nitrogens with two attached hydrogens (primary N) is 2. The average Bonchev–Trinajstić information content (AvgIpc) is 2.22. The van der Waals surface area contributed by atoms with Crippen LogP contribution in [0.2, 0.25) is 5.02 Å². The standard InChI is InChI=1S/C11H16ClFN2/c12-9-5-3-4-8(11(9)13)10(15)6-1-2-7-14/h3-5,10H,1-2,6-7,14-15H2/t10-/m0/s1. The fourth-order valence-corrected chi connectivity index (χ4v) is 1.65. The summed E-state index contributed by atoms with van der Waals surface area (Å²) in [5.74, 6) is -0.403. The van der Waals surface area contributed by atoms with Crippen LogP contribution in [0.4, 0.5) is 4.39 Å². The van der Waals surface area contributed by atoms with Crippen molar-refractivity contribution in [2.75, 3.05) is 6.54 Å². The van der Waals surface area contributed by atoms with Gasteiger partial charge in [-0.25, -0.2) is 4.39 Å². The Morgan fingerprint density at radius 3 is 2.73 bits per heavy atom. The Bertz CT molecular complexity index is 317. The first-order valence-electron chi connectivity index (χ1n) is 5.06. The van der Waals surface area contributed by atoms with Crippen molar-refractivity contribution in [1.82, 2.24) is 0 Å². The van der Waals surface area contributed by atoms with E-state index in [0.717, 1.165) is 19.3 Å². The van der Waals surface area contributed by atoms with Gasteiger partial charge in [0.2, 0.25) is 0 Å². The van der Waals surface area contributed by atoms with Crippen molar-refractivity contribution < 1.29 is 4.39 Å². The number of hydrogen-bond donors (Lipinski definition) is 2. The fraction of sp³-hybridized carbons (Fsp3) is 0.455. The van der Waals surface area contributed by atoms with E-state index in [0.29, 0.717) is 12.1 Å². The van der Waals surface area contributed by atoms with Crippen molar-refractivity contribution in [3.8, 4) is 0 Å². The van der Waals surface area contributed by atoms with Crippen molar-refractivity contribution in [3.63, 3.8) is 0 Å². The second kappa shape index (κ2) is 6.05. The smallest absolute Gasteiger partial charge is 0.146 e. The first kappa shape index (κ1) is 12.4. The summed E-state index contributed by atoms with van der Waals surface area (Å²) in [6, 6.07) is 4.61. The maximum absolute atomic E-state index is 13.5. The van der Waals surface area contributed by atoms with Crippen LogP contribution in [0.25, 0.3) is 0 Å². The fourth-order valence-electron chi connectivity index (χ4n) is 1.47. The zero-order valence-electron chi connectivity index (χ0n) is 8.55. The first-order valence-corrected chi connectivity index (χ1v) is 5.44. The van der Waals surface area contributed by atoms with Crippen LogP contribution in [0.3, 0.4) is 0 Å². The van der Waals surface area contributed by atoms with Gasteiger partial charge in [0.05, 0.1) is 5.02 Å². The van der Waals surface area contributed by atoms with Gasteiger partial charge in [0.1, 0.15) is 5.82 Å². The molecule has 0 saturated heterocycles. The van der Waals surface area contributed by atoms with Gasteiger partial charge < -0.3 is 11.5 Å². The molecule has 84 valence electrons. The Balaban J connectivity index is 2.65. The normalized spacial score (nSPS) is 12.8. The predicted octanol–water partition coefficient (Wildman–Crippen LogP) is 2.61. The molecule has 0 aliphatic rings. The second-order valence-electron chi connectivity index (χ2n) is 3.53. The summed E-state index contributed by atoms with van der Waals surface area (Å²) in [4.78, 5) is 0. The zero-order chi connectivity index (χ0) is 11.3. The van der Waals surface area contributed by atoms with Crippen LogP contribution in [0.5, 0.6) is 0 Å². The molecule has 0 amide bonds. The predicted molar refractivity (Wildman–Crippen MR) is 61.2 cm³/mol. The van der Waals surface area contributed by atoms with Crippen LogP contribution in [0.15, 0.2) is 18.2 Å². The lowest BCUT2D eigenvalue weighted by Crippen LogP contribution is -2.13. The first-order chi connectivity index (χ1) is 7.16. The van der Waals surface area contributed by atoms with E-state index in [2.05, 4.69) is 0 Å². The minimum Gasteiger partial charge on any atom is -0.330 e. The van der Waals surface area contributed by atoms with Gasteiger partial charge in [-0.2, -0.15) is 0 Å². The summed E-state index contributed by atoms with van der Waals surface area (Å²) >= 11 is 5.67. The molecule has 1 atom stereocenters. The van der Waals surface area contributed by atoms with Crippen LogP contribution in [-0.4, -0.2) is 6.54 Å². The summed E-state index contributed by atoms with van der Waals surface area (Å²) in [6.45, 7) is 0.644. The van der Waals surface area contributed by atoms with E-state index in [-0.39, 0.29) is 11.1 Å². The number of hydrogen-bond acceptors (Lipinski definition) is 2. The number of halogens is 2. The third kappa shape index (κ3) is 3.45. The maximum Gasteiger partial charge on any atom is 0.146 e. The highest BCUT2D eigenvalue weighted by Gasteiger charge is 2.12. The molecule has 4 heteroatoms. The lowest BCUT2D eigenvalue weighted by molar-refractivity contribution is 0.543. The van der Waals surface area contributed by atoms with Crippen LogP contribution in [-0.2, 0) is 0 Å². The summed E-state index contributed by atoms with van der Waals surface area (Å²) < 4.78 is 13.5. The molecule has 0 spiro atoms. The van der Waals surface area contributed by atoms with Crippen molar-refractivity contribution in [2.24, 2.45) is 11.5 Å². The molecule has 0 radical (unpaired) electrons. The molecule has 0 unspecified atom stereocenters. The van der Waals surface area contributed by atoms with E-state index < -0.39 is 5.82 Å². The third-order valence-corrected chi connectivity index (χ3v) is 2.64. The molecule has 0 saturated carbocycles. The Labute approximate surface area is 94.4 Å². The summed E-state index contributed by atoms with van der Waals surface area (Å²) in [6.07, 6.45) is 2.55. The summed E-state index contributed by atoms with van der Waals surface area (Å²) in [5, 5.41) is 0.127. The highest BCUT2D eigenvalue weighted by molar-refractivity contribution is 6.30. The molecule has 0 bridgehead atoms. The van der Waals surface area contributed by atoms with Gasteiger partial charge in [-0.15, -0.1) is 0 Å². The SMILES string of the molecule is NCCCC[C@H](N)c1cccc(Cl)c1F. The van der Waals surface area contributed by atoms with Gasteiger partial charge in [0.15, 0.2) is 0 Å². The zero-order valence-corrected chi connectivity index (χ0v) is 9.30. The van der Waals surface area contributed by atoms with Crippen molar-refractivity contribution in [2.45, 2.75) is 25.3 Å². The molecule has 0 fully saturated rings. The molecule has 0 aliphatic heterocycles. The minimum absolute atomic E-state index is 0.127. The van der Waals surface area contributed by atoms with E-state index in [1.165, 1.54) is 6.07 Å². The minimum atomic E-state index is -0.403. The van der Waals surface area contributed by atoms with Gasteiger partial charge in [0.25, 0.3) is 0 Å². The van der Waals surface area contributed by atoms with E-state index in [1.807, 2.05) is 0 Å². The molecule has 1 aromatic rings. The molecule has 0 heterocycles. The molecule has 1 aromatic carbocycles. The Morgan fingerprint density at radius 1 is 1.33 bits per heavy atom. The largest absolute Gasteiger partial charge is 0.330 e. The number of rotatable bonds is 5. The quantitative estimate of drug-likeness (QED) is 0.764. The molecule has 15 heavy (non-hydrogen) atoms. The van der Waals surface area contributed by atoms with Crippen LogP contribution in [0, 0.1) is 5.82 Å². The topological polar surface area (TPSA) is 52.0 Å². The van der Waals surface area contributed by atoms with E-state index in [1.54, 1.807) is 12.1 Å². The van der Waals surface area contributed by atoms with Gasteiger partial charge in [-0.1, -0.05) is 30.2 Å². The molecule has 1 rings (SSSR count). The van der Waals surface area contributed by atoms with Crippen molar-refractivity contribution >= 4 is 11.6 Å². The van der Waals surface area contributed by atoms with Crippen LogP contribution >= 0.6 is 11.6 Å². The Hall–Kier alpha value is -0.640. The molecule has 2 nitrogen and oxygen atoms in total. The Kier molecular flexibility index (Phi) is 5.02. The molecule has 0 aliphatic carbocycles. The molecule has 4 N–H and O–H groups in total. The molecule has 0 aromatic heterocycles. The van der Waals surface area contributed by atoms with Gasteiger partial charge in [-0.3, -0.25) is 0 Å². The number of unbranched alkanes of at least 4 members (excludes halogenated alkanes) is 1. The molecular formula is C11H16ClFN2. The monoisotopic (exact) mass is 230 g/mol. The van der Waals surface area contributed by atoms with Gasteiger partial charge >= 0.3 is 0 Å². The number of benzene rings is 1. The maximum atomic E-state index is 13.5. The third-order valence-electron chi connectivity index (χ3n) is 2.35. The van der Waals surface area contributed by atoms with Crippen molar-refractivity contribution in [3.05, 3.63) is 34.6 Å². The van der Waals surface area contributed by atoms with Crippen molar-refractivity contribution in [1.29, 1.82) is 0 Å². The average molecular weight is 231 g/mol. The van der Waals surface area contributed by atoms with Gasteiger partial charge in [-0.05, 0) is 25.5 Å². The van der Waals surface area contributed by atoms with E-state index in [4.69, 9.17) is 23.1 Å². The van der Waals surface area contributed by atoms with E-state index in [9.17, 15) is 4.39 Å².